The summed E-state index contributed by atoms with van der Waals surface area (Å²) in [6.45, 7) is 0.790. The first-order chi connectivity index (χ1) is 10.8. The molecule has 0 N–H and O–H groups in total. The van der Waals surface area contributed by atoms with Crippen LogP contribution in [-0.4, -0.2) is 25.3 Å². The van der Waals surface area contributed by atoms with E-state index in [0.29, 0.717) is 6.42 Å². The summed E-state index contributed by atoms with van der Waals surface area (Å²) in [5.74, 6) is 1.99. The van der Waals surface area contributed by atoms with Crippen molar-refractivity contribution in [3.8, 4) is 5.75 Å². The average molecular weight is 313 g/mol. The van der Waals surface area contributed by atoms with Gasteiger partial charge in [-0.3, -0.25) is 4.79 Å². The van der Waals surface area contributed by atoms with Crippen LogP contribution in [0.15, 0.2) is 53.4 Å². The zero-order valence-electron chi connectivity index (χ0n) is 12.6. The minimum absolute atomic E-state index is 0.190. The molecule has 0 aliphatic carbocycles. The van der Waals surface area contributed by atoms with Gasteiger partial charge in [-0.25, -0.2) is 0 Å². The molecule has 1 amide bonds. The first-order valence-corrected chi connectivity index (χ1v) is 8.41. The normalized spacial score (nSPS) is 13.6. The molecule has 0 atom stereocenters. The maximum Gasteiger partial charge on any atom is 0.227 e. The molecule has 0 bridgehead atoms. The average Bonchev–Trinajstić information content (AvgIpc) is 2.59. The van der Waals surface area contributed by atoms with Crippen molar-refractivity contribution in [2.45, 2.75) is 17.7 Å². The van der Waals surface area contributed by atoms with Crippen LogP contribution in [0.1, 0.15) is 12.0 Å². The number of para-hydroxylation sites is 1. The maximum atomic E-state index is 12.6. The SMILES string of the molecule is COc1cccc(CCC(=O)N2CCSc3ccccc32)c1. The van der Waals surface area contributed by atoms with Gasteiger partial charge in [0.25, 0.3) is 0 Å². The zero-order valence-corrected chi connectivity index (χ0v) is 13.4. The van der Waals surface area contributed by atoms with Crippen molar-refractivity contribution in [3.63, 3.8) is 0 Å². The maximum absolute atomic E-state index is 12.6. The predicted octanol–water partition coefficient (Wildman–Crippen LogP) is 3.77. The third-order valence-electron chi connectivity index (χ3n) is 3.79. The van der Waals surface area contributed by atoms with Crippen LogP contribution in [0.4, 0.5) is 5.69 Å². The summed E-state index contributed by atoms with van der Waals surface area (Å²) in [7, 11) is 1.66. The number of anilines is 1. The molecule has 3 nitrogen and oxygen atoms in total. The van der Waals surface area contributed by atoms with Crippen LogP contribution < -0.4 is 9.64 Å². The Hall–Kier alpha value is -1.94. The minimum Gasteiger partial charge on any atom is -0.497 e. The van der Waals surface area contributed by atoms with Gasteiger partial charge in [-0.15, -0.1) is 11.8 Å². The molecule has 1 heterocycles. The molecule has 3 rings (SSSR count). The van der Waals surface area contributed by atoms with Crippen LogP contribution in [0.5, 0.6) is 5.75 Å². The van der Waals surface area contributed by atoms with Crippen molar-refractivity contribution >= 4 is 23.4 Å². The number of methoxy groups -OCH3 is 1. The number of fused-ring (bicyclic) bond motifs is 1. The highest BCUT2D eigenvalue weighted by atomic mass is 32.2. The summed E-state index contributed by atoms with van der Waals surface area (Å²) in [5.41, 5.74) is 2.18. The highest BCUT2D eigenvalue weighted by Gasteiger charge is 2.22. The van der Waals surface area contributed by atoms with E-state index in [1.54, 1.807) is 7.11 Å². The monoisotopic (exact) mass is 313 g/mol. The number of aryl methyl sites for hydroxylation is 1. The lowest BCUT2D eigenvalue weighted by molar-refractivity contribution is -0.118. The summed E-state index contributed by atoms with van der Waals surface area (Å²) in [5, 5.41) is 0. The van der Waals surface area contributed by atoms with Gasteiger partial charge in [0.1, 0.15) is 5.75 Å². The molecule has 0 radical (unpaired) electrons. The number of amides is 1. The third-order valence-corrected chi connectivity index (χ3v) is 4.83. The topological polar surface area (TPSA) is 29.5 Å². The second kappa shape index (κ2) is 6.88. The smallest absolute Gasteiger partial charge is 0.227 e. The number of thioether (sulfide) groups is 1. The Kier molecular flexibility index (Phi) is 4.68. The van der Waals surface area contributed by atoms with Crippen molar-refractivity contribution in [2.75, 3.05) is 24.3 Å². The van der Waals surface area contributed by atoms with Crippen molar-refractivity contribution < 1.29 is 9.53 Å². The Balaban J connectivity index is 1.68. The summed E-state index contributed by atoms with van der Waals surface area (Å²) in [6.07, 6.45) is 1.26. The standard InChI is InChI=1S/C18H19NO2S/c1-21-15-6-4-5-14(13-15)9-10-18(20)19-11-12-22-17-8-3-2-7-16(17)19/h2-8,13H,9-12H2,1H3. The van der Waals surface area contributed by atoms with Crippen LogP contribution in [0.3, 0.4) is 0 Å². The van der Waals surface area contributed by atoms with Crippen LogP contribution in [0, 0.1) is 0 Å². The number of carbonyl (C=O) groups is 1. The number of carbonyl (C=O) groups excluding carboxylic acids is 1. The van der Waals surface area contributed by atoms with Gasteiger partial charge in [-0.05, 0) is 36.2 Å². The van der Waals surface area contributed by atoms with Gasteiger partial charge in [-0.2, -0.15) is 0 Å². The molecule has 1 aliphatic heterocycles. The van der Waals surface area contributed by atoms with E-state index >= 15 is 0 Å². The highest BCUT2D eigenvalue weighted by molar-refractivity contribution is 7.99. The van der Waals surface area contributed by atoms with Gasteiger partial charge < -0.3 is 9.64 Å². The van der Waals surface area contributed by atoms with Gasteiger partial charge in [-0.1, -0.05) is 24.3 Å². The molecule has 0 aromatic heterocycles. The lowest BCUT2D eigenvalue weighted by Crippen LogP contribution is -2.35. The Morgan fingerprint density at radius 2 is 2.09 bits per heavy atom. The molecule has 0 saturated heterocycles. The van der Waals surface area contributed by atoms with Gasteiger partial charge in [0.15, 0.2) is 0 Å². The molecule has 1 aliphatic rings. The summed E-state index contributed by atoms with van der Waals surface area (Å²) in [4.78, 5) is 15.7. The molecule has 0 spiro atoms. The number of hydrogen-bond donors (Lipinski definition) is 0. The fourth-order valence-corrected chi connectivity index (χ4v) is 3.64. The summed E-state index contributed by atoms with van der Waals surface area (Å²) in [6, 6.07) is 16.0. The number of benzene rings is 2. The summed E-state index contributed by atoms with van der Waals surface area (Å²) >= 11 is 1.82. The van der Waals surface area contributed by atoms with E-state index in [2.05, 4.69) is 6.07 Å². The van der Waals surface area contributed by atoms with E-state index in [-0.39, 0.29) is 5.91 Å². The van der Waals surface area contributed by atoms with Gasteiger partial charge >= 0.3 is 0 Å². The van der Waals surface area contributed by atoms with Crippen molar-refractivity contribution in [1.82, 2.24) is 0 Å². The van der Waals surface area contributed by atoms with E-state index in [1.807, 2.05) is 59.1 Å². The predicted molar refractivity (Wildman–Crippen MR) is 90.8 cm³/mol. The van der Waals surface area contributed by atoms with E-state index in [1.165, 1.54) is 4.90 Å². The number of nitrogens with zero attached hydrogens (tertiary/aromatic N) is 1. The Morgan fingerprint density at radius 1 is 1.23 bits per heavy atom. The van der Waals surface area contributed by atoms with Crippen LogP contribution in [0.2, 0.25) is 0 Å². The van der Waals surface area contributed by atoms with Crippen molar-refractivity contribution in [2.24, 2.45) is 0 Å². The number of ether oxygens (including phenoxy) is 1. The lowest BCUT2D eigenvalue weighted by atomic mass is 10.1. The first kappa shape index (κ1) is 15.0. The van der Waals surface area contributed by atoms with Crippen LogP contribution >= 0.6 is 11.8 Å². The van der Waals surface area contributed by atoms with Crippen molar-refractivity contribution in [3.05, 3.63) is 54.1 Å². The largest absolute Gasteiger partial charge is 0.497 e. The fourth-order valence-electron chi connectivity index (χ4n) is 2.64. The molecule has 0 saturated carbocycles. The molecule has 2 aromatic rings. The Morgan fingerprint density at radius 3 is 2.95 bits per heavy atom. The number of hydrogen-bond acceptors (Lipinski definition) is 3. The number of rotatable bonds is 4. The second-order valence-corrected chi connectivity index (χ2v) is 6.35. The minimum atomic E-state index is 0.190. The van der Waals surface area contributed by atoms with Crippen molar-refractivity contribution in [1.29, 1.82) is 0 Å². The lowest BCUT2D eigenvalue weighted by Gasteiger charge is -2.29. The molecule has 22 heavy (non-hydrogen) atoms. The molecule has 0 unspecified atom stereocenters. The molecular weight excluding hydrogens is 294 g/mol. The Labute approximate surface area is 135 Å². The fraction of sp³-hybridized carbons (Fsp3) is 0.278. The highest BCUT2D eigenvalue weighted by Crippen LogP contribution is 2.34. The van der Waals surface area contributed by atoms with Crippen LogP contribution in [-0.2, 0) is 11.2 Å². The van der Waals surface area contributed by atoms with E-state index in [4.69, 9.17) is 4.74 Å². The molecule has 0 fully saturated rings. The van der Waals surface area contributed by atoms with E-state index in [9.17, 15) is 4.79 Å². The van der Waals surface area contributed by atoms with Crippen LogP contribution in [0.25, 0.3) is 0 Å². The molecular formula is C18H19NO2S. The summed E-state index contributed by atoms with van der Waals surface area (Å²) < 4.78 is 5.23. The Bertz CT molecular complexity index is 672. The zero-order chi connectivity index (χ0) is 15.4. The second-order valence-electron chi connectivity index (χ2n) is 5.21. The van der Waals surface area contributed by atoms with Gasteiger partial charge in [0, 0.05) is 23.6 Å². The van der Waals surface area contributed by atoms with Gasteiger partial charge in [0.05, 0.1) is 12.8 Å². The quantitative estimate of drug-likeness (QED) is 0.860. The molecule has 4 heteroatoms. The third kappa shape index (κ3) is 3.28. The van der Waals surface area contributed by atoms with E-state index < -0.39 is 0 Å². The van der Waals surface area contributed by atoms with Gasteiger partial charge in [0.2, 0.25) is 5.91 Å². The molecule has 114 valence electrons. The molecule has 2 aromatic carbocycles. The van der Waals surface area contributed by atoms with E-state index in [0.717, 1.165) is 35.7 Å². The first-order valence-electron chi connectivity index (χ1n) is 7.43.